The van der Waals surface area contributed by atoms with Crippen LogP contribution in [0.15, 0.2) is 0 Å². The fraction of sp³-hybridized carbons (Fsp3) is 0.833. The Labute approximate surface area is 76.4 Å². The first-order valence-electron chi connectivity index (χ1n) is 3.39. The van der Waals surface area contributed by atoms with Gasteiger partial charge in [0.1, 0.15) is 12.1 Å². The summed E-state index contributed by atoms with van der Waals surface area (Å²) in [5.74, 6) is -0.315. The van der Waals surface area contributed by atoms with Gasteiger partial charge >= 0.3 is 5.97 Å². The van der Waals surface area contributed by atoms with E-state index in [0.29, 0.717) is 13.0 Å². The molecule has 0 aromatic heterocycles. The lowest BCUT2D eigenvalue weighted by Gasteiger charge is -2.05. The van der Waals surface area contributed by atoms with Gasteiger partial charge in [-0.2, -0.15) is 0 Å². The Morgan fingerprint density at radius 2 is 2.33 bits per heavy atom. The zero-order valence-corrected chi connectivity index (χ0v) is 7.47. The van der Waals surface area contributed by atoms with E-state index in [1.54, 1.807) is 0 Å². The second-order valence-electron chi connectivity index (χ2n) is 2.45. The Bertz CT molecular complexity index is 154. The third kappa shape index (κ3) is 2.60. The van der Waals surface area contributed by atoms with E-state index in [2.05, 4.69) is 14.9 Å². The largest absolute Gasteiger partial charge is 0.468 e. The van der Waals surface area contributed by atoms with Gasteiger partial charge in [0, 0.05) is 13.0 Å². The first kappa shape index (κ1) is 11.6. The average Bonchev–Trinajstić information content (AvgIpc) is 2.50. The van der Waals surface area contributed by atoms with E-state index >= 15 is 0 Å². The molecule has 72 valence electrons. The Balaban J connectivity index is 0.00000121. The van der Waals surface area contributed by atoms with Gasteiger partial charge in [0.15, 0.2) is 0 Å². The van der Waals surface area contributed by atoms with Gasteiger partial charge in [-0.25, -0.2) is 4.89 Å². The molecule has 0 aromatic carbocycles. The van der Waals surface area contributed by atoms with Crippen molar-refractivity contribution < 1.29 is 19.7 Å². The number of rotatable bonds is 2. The summed E-state index contributed by atoms with van der Waals surface area (Å²) in [6.45, 7) is 0.482. The highest BCUT2D eigenvalue weighted by atomic mass is 35.5. The number of ether oxygens (including phenoxy) is 1. The van der Waals surface area contributed by atoms with Crippen LogP contribution >= 0.6 is 12.4 Å². The van der Waals surface area contributed by atoms with Crippen molar-refractivity contribution in [1.82, 2.24) is 5.32 Å². The second-order valence-corrected chi connectivity index (χ2v) is 2.45. The van der Waals surface area contributed by atoms with Crippen LogP contribution in [0, 0.1) is 0 Å². The number of nitrogens with one attached hydrogen (secondary N) is 1. The Hall–Kier alpha value is -0.360. The summed E-state index contributed by atoms with van der Waals surface area (Å²) in [5.41, 5.74) is 0. The molecule has 1 rings (SSSR count). The van der Waals surface area contributed by atoms with E-state index in [9.17, 15) is 4.79 Å². The predicted octanol–water partition coefficient (Wildman–Crippen LogP) is -0.199. The maximum absolute atomic E-state index is 10.9. The van der Waals surface area contributed by atoms with Gasteiger partial charge in [-0.05, 0) is 0 Å². The van der Waals surface area contributed by atoms with Crippen molar-refractivity contribution in [3.8, 4) is 0 Å². The minimum absolute atomic E-state index is 0. The third-order valence-corrected chi connectivity index (χ3v) is 1.73. The molecule has 0 radical (unpaired) electrons. The van der Waals surface area contributed by atoms with Crippen LogP contribution < -0.4 is 5.32 Å². The highest BCUT2D eigenvalue weighted by Gasteiger charge is 2.30. The maximum atomic E-state index is 10.9. The Kier molecular flexibility index (Phi) is 5.16. The lowest BCUT2D eigenvalue weighted by atomic mass is 10.2. The minimum Gasteiger partial charge on any atom is -0.468 e. The molecule has 1 saturated heterocycles. The van der Waals surface area contributed by atoms with Crippen molar-refractivity contribution in [2.24, 2.45) is 0 Å². The molecular formula is C6H12ClNO4. The summed E-state index contributed by atoms with van der Waals surface area (Å²) in [5, 5.41) is 11.1. The molecule has 1 aliphatic rings. The molecule has 0 amide bonds. The van der Waals surface area contributed by atoms with E-state index in [1.165, 1.54) is 7.11 Å². The molecule has 0 spiro atoms. The first-order valence-corrected chi connectivity index (χ1v) is 3.39. The molecular weight excluding hydrogens is 186 g/mol. The molecule has 2 atom stereocenters. The third-order valence-electron chi connectivity index (χ3n) is 1.73. The van der Waals surface area contributed by atoms with Crippen molar-refractivity contribution in [3.05, 3.63) is 0 Å². The molecule has 6 heteroatoms. The van der Waals surface area contributed by atoms with Crippen LogP contribution in [0.3, 0.4) is 0 Å². The van der Waals surface area contributed by atoms with Crippen molar-refractivity contribution in [1.29, 1.82) is 0 Å². The van der Waals surface area contributed by atoms with Crippen molar-refractivity contribution in [2.45, 2.75) is 18.6 Å². The number of hydrogen-bond acceptors (Lipinski definition) is 5. The maximum Gasteiger partial charge on any atom is 0.322 e. The van der Waals surface area contributed by atoms with Crippen LogP contribution in [0.4, 0.5) is 0 Å². The van der Waals surface area contributed by atoms with E-state index in [1.807, 2.05) is 0 Å². The standard InChI is InChI=1S/C6H11NO4.ClH/c1-10-6(8)5-2-4(11-9)3-7-5;/h4-5,7,9H,2-3H2,1H3;1H/t4-,5+;/m0./s1. The molecule has 1 aliphatic heterocycles. The van der Waals surface area contributed by atoms with E-state index in [0.717, 1.165) is 0 Å². The highest BCUT2D eigenvalue weighted by molar-refractivity contribution is 5.85. The van der Waals surface area contributed by atoms with Gasteiger partial charge in [-0.1, -0.05) is 0 Å². The monoisotopic (exact) mass is 197 g/mol. The number of methoxy groups -OCH3 is 1. The van der Waals surface area contributed by atoms with Crippen molar-refractivity contribution >= 4 is 18.4 Å². The molecule has 0 aliphatic carbocycles. The minimum atomic E-state index is -0.336. The molecule has 5 nitrogen and oxygen atoms in total. The molecule has 1 heterocycles. The Morgan fingerprint density at radius 3 is 2.75 bits per heavy atom. The normalized spacial score (nSPS) is 27.8. The zero-order valence-electron chi connectivity index (χ0n) is 6.65. The van der Waals surface area contributed by atoms with Crippen LogP contribution in [0.1, 0.15) is 6.42 Å². The Morgan fingerprint density at radius 1 is 1.67 bits per heavy atom. The summed E-state index contributed by atoms with van der Waals surface area (Å²) < 4.78 is 4.49. The molecule has 0 bridgehead atoms. The molecule has 12 heavy (non-hydrogen) atoms. The first-order chi connectivity index (χ1) is 5.27. The number of esters is 1. The van der Waals surface area contributed by atoms with Crippen LogP contribution in [-0.4, -0.2) is 37.0 Å². The van der Waals surface area contributed by atoms with Gasteiger partial charge in [-0.3, -0.25) is 10.1 Å². The molecule has 1 fully saturated rings. The molecule has 2 N–H and O–H groups in total. The molecule has 0 aromatic rings. The fourth-order valence-electron chi connectivity index (χ4n) is 1.11. The average molecular weight is 198 g/mol. The predicted molar refractivity (Wildman–Crippen MR) is 43.2 cm³/mol. The second kappa shape index (κ2) is 5.31. The van der Waals surface area contributed by atoms with E-state index in [-0.39, 0.29) is 30.5 Å². The SMILES string of the molecule is COC(=O)[C@H]1C[C@H](OO)CN1.Cl. The topological polar surface area (TPSA) is 67.8 Å². The summed E-state index contributed by atoms with van der Waals surface area (Å²) in [4.78, 5) is 14.9. The summed E-state index contributed by atoms with van der Waals surface area (Å²) in [6.07, 6.45) is 0.169. The van der Waals surface area contributed by atoms with Crippen molar-refractivity contribution in [3.63, 3.8) is 0 Å². The smallest absolute Gasteiger partial charge is 0.322 e. The van der Waals surface area contributed by atoms with Crippen LogP contribution in [0.25, 0.3) is 0 Å². The summed E-state index contributed by atoms with van der Waals surface area (Å²) in [6, 6.07) is -0.336. The van der Waals surface area contributed by atoms with Crippen LogP contribution in [0.5, 0.6) is 0 Å². The van der Waals surface area contributed by atoms with Gasteiger partial charge in [-0.15, -0.1) is 12.4 Å². The number of hydrogen-bond donors (Lipinski definition) is 2. The van der Waals surface area contributed by atoms with E-state index < -0.39 is 0 Å². The number of carbonyl (C=O) groups is 1. The van der Waals surface area contributed by atoms with Crippen molar-refractivity contribution in [2.75, 3.05) is 13.7 Å². The molecule has 0 saturated carbocycles. The number of carbonyl (C=O) groups excluding carboxylic acids is 1. The lowest BCUT2D eigenvalue weighted by molar-refractivity contribution is -0.273. The summed E-state index contributed by atoms with van der Waals surface area (Å²) >= 11 is 0. The van der Waals surface area contributed by atoms with Crippen LogP contribution in [0.2, 0.25) is 0 Å². The molecule has 0 unspecified atom stereocenters. The van der Waals surface area contributed by atoms with Gasteiger partial charge < -0.3 is 10.1 Å². The zero-order chi connectivity index (χ0) is 8.27. The number of halogens is 1. The van der Waals surface area contributed by atoms with E-state index in [4.69, 9.17) is 5.26 Å². The van der Waals surface area contributed by atoms with Gasteiger partial charge in [0.2, 0.25) is 0 Å². The quantitative estimate of drug-likeness (QED) is 0.365. The van der Waals surface area contributed by atoms with Gasteiger partial charge in [0.05, 0.1) is 7.11 Å². The van der Waals surface area contributed by atoms with Gasteiger partial charge in [0.25, 0.3) is 0 Å². The lowest BCUT2D eigenvalue weighted by Crippen LogP contribution is -2.31. The van der Waals surface area contributed by atoms with Crippen LogP contribution in [-0.2, 0) is 14.4 Å². The highest BCUT2D eigenvalue weighted by Crippen LogP contribution is 2.09. The fourth-order valence-corrected chi connectivity index (χ4v) is 1.11. The summed E-state index contributed by atoms with van der Waals surface area (Å²) in [7, 11) is 1.33.